The highest BCUT2D eigenvalue weighted by atomic mass is 32.2. The number of carbonyl (C=O) groups excluding carboxylic acids is 2. The van der Waals surface area contributed by atoms with Crippen molar-refractivity contribution in [3.63, 3.8) is 0 Å². The maximum absolute atomic E-state index is 13.2. The van der Waals surface area contributed by atoms with Gasteiger partial charge in [-0.1, -0.05) is 19.1 Å². The second-order valence-electron chi connectivity index (χ2n) is 8.35. The molecule has 178 valence electrons. The molecule has 1 heterocycles. The fraction of sp³-hybridized carbons (Fsp3) is 0.417. The summed E-state index contributed by atoms with van der Waals surface area (Å²) in [6.07, 6.45) is 2.01. The Labute approximate surface area is 194 Å². The van der Waals surface area contributed by atoms with Gasteiger partial charge in [-0.05, 0) is 68.1 Å². The van der Waals surface area contributed by atoms with E-state index in [9.17, 15) is 22.4 Å². The van der Waals surface area contributed by atoms with Crippen LogP contribution in [0, 0.1) is 11.7 Å². The van der Waals surface area contributed by atoms with Crippen molar-refractivity contribution >= 4 is 21.8 Å². The number of hydrogen-bond acceptors (Lipinski definition) is 4. The Morgan fingerprint density at radius 2 is 1.79 bits per heavy atom. The molecule has 1 fully saturated rings. The van der Waals surface area contributed by atoms with E-state index < -0.39 is 21.8 Å². The lowest BCUT2D eigenvalue weighted by Gasteiger charge is -2.31. The van der Waals surface area contributed by atoms with Crippen LogP contribution in [0.1, 0.15) is 49.0 Å². The first-order valence-corrected chi connectivity index (χ1v) is 12.6. The van der Waals surface area contributed by atoms with E-state index in [0.717, 1.165) is 24.1 Å². The molecule has 0 bridgehead atoms. The number of sulfonamides is 1. The molecule has 0 unspecified atom stereocenters. The monoisotopic (exact) mass is 475 g/mol. The summed E-state index contributed by atoms with van der Waals surface area (Å²) in [5.74, 6) is -1.32. The van der Waals surface area contributed by atoms with Gasteiger partial charge in [0, 0.05) is 31.2 Å². The smallest absolute Gasteiger partial charge is 0.251 e. The number of halogens is 1. The standard InChI is InChI=1S/C24H30FN3O4S/c1-3-17(2)27-24(30)19-8-6-18(7-9-19)15-26-23(29)20-5-4-14-28(16-20)33(31,32)22-12-10-21(25)11-13-22/h6-13,17,20H,3-5,14-16H2,1-2H3,(H,26,29)(H,27,30)/t17-,20-/m1/s1. The first-order chi connectivity index (χ1) is 15.7. The first-order valence-electron chi connectivity index (χ1n) is 11.1. The Hall–Kier alpha value is -2.78. The molecule has 3 rings (SSSR count). The number of rotatable bonds is 8. The van der Waals surface area contributed by atoms with Crippen LogP contribution >= 0.6 is 0 Å². The Bertz CT molecular complexity index is 1070. The Balaban J connectivity index is 1.56. The molecule has 1 saturated heterocycles. The van der Waals surface area contributed by atoms with Crippen molar-refractivity contribution in [1.82, 2.24) is 14.9 Å². The van der Waals surface area contributed by atoms with Gasteiger partial charge in [0.15, 0.2) is 0 Å². The Kier molecular flexibility index (Phi) is 8.20. The van der Waals surface area contributed by atoms with Gasteiger partial charge in [-0.15, -0.1) is 0 Å². The van der Waals surface area contributed by atoms with E-state index >= 15 is 0 Å². The van der Waals surface area contributed by atoms with Gasteiger partial charge in [0.05, 0.1) is 10.8 Å². The summed E-state index contributed by atoms with van der Waals surface area (Å²) >= 11 is 0. The highest BCUT2D eigenvalue weighted by Crippen LogP contribution is 2.24. The van der Waals surface area contributed by atoms with Crippen LogP contribution in [0.4, 0.5) is 4.39 Å². The van der Waals surface area contributed by atoms with E-state index in [1.165, 1.54) is 16.4 Å². The van der Waals surface area contributed by atoms with E-state index in [2.05, 4.69) is 10.6 Å². The molecule has 2 N–H and O–H groups in total. The van der Waals surface area contributed by atoms with Crippen molar-refractivity contribution in [2.45, 2.75) is 50.6 Å². The summed E-state index contributed by atoms with van der Waals surface area (Å²) in [6, 6.07) is 11.8. The highest BCUT2D eigenvalue weighted by molar-refractivity contribution is 7.89. The second kappa shape index (κ2) is 10.9. The van der Waals surface area contributed by atoms with Gasteiger partial charge < -0.3 is 10.6 Å². The third-order valence-electron chi connectivity index (χ3n) is 5.88. The molecule has 0 aliphatic carbocycles. The van der Waals surface area contributed by atoms with Crippen LogP contribution in [0.3, 0.4) is 0 Å². The van der Waals surface area contributed by atoms with Crippen molar-refractivity contribution in [3.05, 3.63) is 65.5 Å². The second-order valence-corrected chi connectivity index (χ2v) is 10.3. The van der Waals surface area contributed by atoms with Crippen molar-refractivity contribution < 1.29 is 22.4 Å². The quantitative estimate of drug-likeness (QED) is 0.613. The summed E-state index contributed by atoms with van der Waals surface area (Å²) in [5.41, 5.74) is 1.40. The molecule has 0 aromatic heterocycles. The van der Waals surface area contributed by atoms with E-state index in [1.54, 1.807) is 24.3 Å². The summed E-state index contributed by atoms with van der Waals surface area (Å²) in [7, 11) is -3.79. The lowest BCUT2D eigenvalue weighted by molar-refractivity contribution is -0.126. The molecular weight excluding hydrogens is 445 g/mol. The van der Waals surface area contributed by atoms with Crippen molar-refractivity contribution in [1.29, 1.82) is 0 Å². The lowest BCUT2D eigenvalue weighted by Crippen LogP contribution is -2.45. The number of carbonyl (C=O) groups is 2. The fourth-order valence-corrected chi connectivity index (χ4v) is 5.17. The molecule has 7 nitrogen and oxygen atoms in total. The average molecular weight is 476 g/mol. The Morgan fingerprint density at radius 1 is 1.12 bits per heavy atom. The van der Waals surface area contributed by atoms with Gasteiger partial charge in [0.25, 0.3) is 5.91 Å². The zero-order valence-corrected chi connectivity index (χ0v) is 19.7. The molecule has 2 aromatic carbocycles. The molecule has 2 amide bonds. The highest BCUT2D eigenvalue weighted by Gasteiger charge is 2.33. The molecule has 0 saturated carbocycles. The number of nitrogens with one attached hydrogen (secondary N) is 2. The maximum atomic E-state index is 13.2. The largest absolute Gasteiger partial charge is 0.352 e. The predicted octanol–water partition coefficient (Wildman–Crippen LogP) is 3.07. The number of piperidine rings is 1. The van der Waals surface area contributed by atoms with Crippen LogP contribution in [0.2, 0.25) is 0 Å². The zero-order valence-electron chi connectivity index (χ0n) is 18.9. The predicted molar refractivity (Wildman–Crippen MR) is 123 cm³/mol. The average Bonchev–Trinajstić information content (AvgIpc) is 2.83. The topological polar surface area (TPSA) is 95.6 Å². The van der Waals surface area contributed by atoms with Gasteiger partial charge in [-0.3, -0.25) is 9.59 Å². The molecule has 2 atom stereocenters. The third-order valence-corrected chi connectivity index (χ3v) is 7.76. The van der Waals surface area contributed by atoms with Crippen LogP contribution in [-0.2, 0) is 21.4 Å². The number of amides is 2. The molecule has 33 heavy (non-hydrogen) atoms. The zero-order chi connectivity index (χ0) is 24.0. The number of benzene rings is 2. The van der Waals surface area contributed by atoms with Gasteiger partial charge in [-0.2, -0.15) is 4.31 Å². The first kappa shape index (κ1) is 24.9. The summed E-state index contributed by atoms with van der Waals surface area (Å²) < 4.78 is 40.2. The van der Waals surface area contributed by atoms with E-state index in [1.807, 2.05) is 13.8 Å². The summed E-state index contributed by atoms with van der Waals surface area (Å²) in [4.78, 5) is 24.9. The van der Waals surface area contributed by atoms with E-state index in [0.29, 0.717) is 24.9 Å². The minimum atomic E-state index is -3.79. The minimum absolute atomic E-state index is 0.0161. The number of nitrogens with zero attached hydrogens (tertiary/aromatic N) is 1. The fourth-order valence-electron chi connectivity index (χ4n) is 3.65. The summed E-state index contributed by atoms with van der Waals surface area (Å²) in [5, 5.41) is 5.78. The van der Waals surface area contributed by atoms with Crippen molar-refractivity contribution in [2.75, 3.05) is 13.1 Å². The number of hydrogen-bond donors (Lipinski definition) is 2. The van der Waals surface area contributed by atoms with Gasteiger partial charge in [0.1, 0.15) is 5.82 Å². The molecule has 0 spiro atoms. The maximum Gasteiger partial charge on any atom is 0.251 e. The molecule has 1 aliphatic rings. The normalized spacial score (nSPS) is 17.8. The Morgan fingerprint density at radius 3 is 2.42 bits per heavy atom. The van der Waals surface area contributed by atoms with Crippen LogP contribution in [0.15, 0.2) is 53.4 Å². The summed E-state index contributed by atoms with van der Waals surface area (Å²) in [6.45, 7) is 4.64. The SMILES string of the molecule is CC[C@@H](C)NC(=O)c1ccc(CNC(=O)[C@@H]2CCCN(S(=O)(=O)c3ccc(F)cc3)C2)cc1. The molecular formula is C24H30FN3O4S. The van der Waals surface area contributed by atoms with Crippen LogP contribution in [-0.4, -0.2) is 43.7 Å². The van der Waals surface area contributed by atoms with Gasteiger partial charge >= 0.3 is 0 Å². The van der Waals surface area contributed by atoms with Crippen molar-refractivity contribution in [2.24, 2.45) is 5.92 Å². The van der Waals surface area contributed by atoms with Gasteiger partial charge in [0.2, 0.25) is 15.9 Å². The lowest BCUT2D eigenvalue weighted by atomic mass is 9.98. The molecule has 9 heteroatoms. The van der Waals surface area contributed by atoms with Crippen LogP contribution in [0.25, 0.3) is 0 Å². The molecule has 2 aromatic rings. The van der Waals surface area contributed by atoms with Crippen LogP contribution < -0.4 is 10.6 Å². The van der Waals surface area contributed by atoms with Crippen molar-refractivity contribution in [3.8, 4) is 0 Å². The van der Waals surface area contributed by atoms with Gasteiger partial charge in [-0.25, -0.2) is 12.8 Å². The van der Waals surface area contributed by atoms with Crippen LogP contribution in [0.5, 0.6) is 0 Å². The minimum Gasteiger partial charge on any atom is -0.352 e. The molecule has 0 radical (unpaired) electrons. The van der Waals surface area contributed by atoms with E-state index in [-0.39, 0.29) is 35.8 Å². The van der Waals surface area contributed by atoms with E-state index in [4.69, 9.17) is 0 Å². The molecule has 1 aliphatic heterocycles. The third kappa shape index (κ3) is 6.39.